The number of hydrogen-bond donors (Lipinski definition) is 2. The van der Waals surface area contributed by atoms with Crippen molar-refractivity contribution in [2.75, 3.05) is 25.6 Å². The molecule has 2 heterocycles. The third-order valence-electron chi connectivity index (χ3n) is 2.75. The number of hydrogen-bond acceptors (Lipinski definition) is 6. The second kappa shape index (κ2) is 6.08. The Kier molecular flexibility index (Phi) is 4.46. The second-order valence-corrected chi connectivity index (χ2v) is 5.07. The maximum Gasteiger partial charge on any atom is 0.147 e. The molecule has 2 aromatic rings. The number of nitrogens with two attached hydrogens (primary N) is 1. The van der Waals surface area contributed by atoms with Gasteiger partial charge in [0.1, 0.15) is 12.1 Å². The number of anilines is 1. The molecule has 2 rings (SSSR count). The van der Waals surface area contributed by atoms with Crippen LogP contribution >= 0.6 is 11.3 Å². The van der Waals surface area contributed by atoms with E-state index in [0.29, 0.717) is 13.2 Å². The summed E-state index contributed by atoms with van der Waals surface area (Å²) in [6.07, 6.45) is 2.44. The Morgan fingerprint density at radius 1 is 1.50 bits per heavy atom. The van der Waals surface area contributed by atoms with Crippen molar-refractivity contribution < 1.29 is 4.74 Å². The Morgan fingerprint density at radius 2 is 2.33 bits per heavy atom. The molecule has 1 atom stereocenters. The highest BCUT2D eigenvalue weighted by Crippen LogP contribution is 2.28. The molecule has 3 N–H and O–H groups in total. The minimum Gasteiger partial charge on any atom is -0.383 e. The molecule has 18 heavy (non-hydrogen) atoms. The van der Waals surface area contributed by atoms with Crippen molar-refractivity contribution in [1.29, 1.82) is 0 Å². The number of nitrogens with one attached hydrogen (secondary N) is 1. The van der Waals surface area contributed by atoms with Crippen molar-refractivity contribution in [2.45, 2.75) is 19.4 Å². The van der Waals surface area contributed by atoms with Gasteiger partial charge in [0, 0.05) is 7.11 Å². The number of aromatic nitrogens is 2. The molecule has 0 radical (unpaired) electrons. The maximum atomic E-state index is 5.60. The Hall–Kier alpha value is -1.24. The van der Waals surface area contributed by atoms with Gasteiger partial charge in [0.2, 0.25) is 0 Å². The molecular formula is C12H18N4OS. The van der Waals surface area contributed by atoms with E-state index >= 15 is 0 Å². The van der Waals surface area contributed by atoms with Gasteiger partial charge < -0.3 is 15.8 Å². The summed E-state index contributed by atoms with van der Waals surface area (Å²) in [6, 6.07) is 0.181. The van der Waals surface area contributed by atoms with Crippen LogP contribution in [0.1, 0.15) is 12.0 Å². The largest absolute Gasteiger partial charge is 0.383 e. The van der Waals surface area contributed by atoms with E-state index in [0.717, 1.165) is 22.5 Å². The first-order valence-corrected chi connectivity index (χ1v) is 6.78. The van der Waals surface area contributed by atoms with Crippen molar-refractivity contribution >= 4 is 27.4 Å². The van der Waals surface area contributed by atoms with Gasteiger partial charge in [0.25, 0.3) is 0 Å². The van der Waals surface area contributed by atoms with Crippen LogP contribution in [-0.4, -0.2) is 36.3 Å². The van der Waals surface area contributed by atoms with E-state index in [1.165, 1.54) is 5.56 Å². The van der Waals surface area contributed by atoms with E-state index in [9.17, 15) is 0 Å². The molecule has 5 nitrogen and oxygen atoms in total. The summed E-state index contributed by atoms with van der Waals surface area (Å²) >= 11 is 1.66. The van der Waals surface area contributed by atoms with Crippen LogP contribution in [0.2, 0.25) is 0 Å². The minimum absolute atomic E-state index is 0.181. The van der Waals surface area contributed by atoms with Crippen LogP contribution in [0.3, 0.4) is 0 Å². The molecule has 2 aromatic heterocycles. The zero-order chi connectivity index (χ0) is 13.0. The van der Waals surface area contributed by atoms with Gasteiger partial charge in [-0.15, -0.1) is 11.3 Å². The molecule has 0 aromatic carbocycles. The molecule has 6 heteroatoms. The summed E-state index contributed by atoms with van der Waals surface area (Å²) in [5, 5.41) is 5.49. The zero-order valence-corrected chi connectivity index (χ0v) is 11.5. The van der Waals surface area contributed by atoms with Gasteiger partial charge in [0.05, 0.1) is 22.9 Å². The molecule has 0 aliphatic rings. The normalized spacial score (nSPS) is 12.8. The maximum absolute atomic E-state index is 5.60. The van der Waals surface area contributed by atoms with E-state index in [2.05, 4.69) is 27.6 Å². The predicted molar refractivity (Wildman–Crippen MR) is 75.1 cm³/mol. The molecule has 0 spiro atoms. The van der Waals surface area contributed by atoms with Gasteiger partial charge in [-0.25, -0.2) is 9.97 Å². The summed E-state index contributed by atoms with van der Waals surface area (Å²) in [6.45, 7) is 3.30. The predicted octanol–water partition coefficient (Wildman–Crippen LogP) is 1.78. The average molecular weight is 266 g/mol. The molecule has 0 aliphatic carbocycles. The van der Waals surface area contributed by atoms with Crippen molar-refractivity contribution in [2.24, 2.45) is 5.73 Å². The van der Waals surface area contributed by atoms with Crippen molar-refractivity contribution in [3.63, 3.8) is 0 Å². The molecule has 0 amide bonds. The molecule has 0 bridgehead atoms. The van der Waals surface area contributed by atoms with Gasteiger partial charge in [-0.3, -0.25) is 0 Å². The van der Waals surface area contributed by atoms with Gasteiger partial charge in [-0.2, -0.15) is 0 Å². The average Bonchev–Trinajstić information content (AvgIpc) is 2.73. The standard InChI is InChI=1S/C12H18N4OS/c1-8-6-18-11-10(8)14-7-15-12(11)16-9(3-4-13)5-17-2/h6-7,9H,3-5,13H2,1-2H3,(H,14,15,16). The molecule has 0 aliphatic heterocycles. The van der Waals surface area contributed by atoms with Gasteiger partial charge in [-0.05, 0) is 30.8 Å². The number of thiophene rings is 1. The lowest BCUT2D eigenvalue weighted by molar-refractivity contribution is 0.183. The van der Waals surface area contributed by atoms with E-state index in [1.807, 2.05) is 0 Å². The number of fused-ring (bicyclic) bond motifs is 1. The lowest BCUT2D eigenvalue weighted by Crippen LogP contribution is -2.28. The fraction of sp³-hybridized carbons (Fsp3) is 0.500. The molecule has 98 valence electrons. The summed E-state index contributed by atoms with van der Waals surface area (Å²) in [4.78, 5) is 8.62. The van der Waals surface area contributed by atoms with Crippen LogP contribution in [-0.2, 0) is 4.74 Å². The highest BCUT2D eigenvalue weighted by atomic mass is 32.1. The van der Waals surface area contributed by atoms with Gasteiger partial charge in [0.15, 0.2) is 0 Å². The highest BCUT2D eigenvalue weighted by molar-refractivity contribution is 7.18. The number of ether oxygens (including phenoxy) is 1. The SMILES string of the molecule is COCC(CCN)Nc1ncnc2c(C)csc12. The van der Waals surface area contributed by atoms with Crippen molar-refractivity contribution in [1.82, 2.24) is 9.97 Å². The number of rotatable bonds is 6. The van der Waals surface area contributed by atoms with E-state index in [-0.39, 0.29) is 6.04 Å². The van der Waals surface area contributed by atoms with Crippen LogP contribution in [0.4, 0.5) is 5.82 Å². The quantitative estimate of drug-likeness (QED) is 0.833. The van der Waals surface area contributed by atoms with Crippen LogP contribution in [0.5, 0.6) is 0 Å². The first-order valence-electron chi connectivity index (χ1n) is 5.90. The van der Waals surface area contributed by atoms with Crippen LogP contribution in [0.15, 0.2) is 11.7 Å². The van der Waals surface area contributed by atoms with E-state index < -0.39 is 0 Å². The third-order valence-corrected chi connectivity index (χ3v) is 3.85. The van der Waals surface area contributed by atoms with Crippen LogP contribution in [0.25, 0.3) is 10.2 Å². The Balaban J connectivity index is 2.24. The summed E-state index contributed by atoms with van der Waals surface area (Å²) in [7, 11) is 1.69. The van der Waals surface area contributed by atoms with Gasteiger partial charge in [-0.1, -0.05) is 0 Å². The van der Waals surface area contributed by atoms with Crippen molar-refractivity contribution in [3.8, 4) is 0 Å². The monoisotopic (exact) mass is 266 g/mol. The second-order valence-electron chi connectivity index (χ2n) is 4.19. The van der Waals surface area contributed by atoms with E-state index in [4.69, 9.17) is 10.5 Å². The zero-order valence-electron chi connectivity index (χ0n) is 10.6. The molecule has 0 saturated heterocycles. The van der Waals surface area contributed by atoms with Gasteiger partial charge >= 0.3 is 0 Å². The highest BCUT2D eigenvalue weighted by Gasteiger charge is 2.12. The third kappa shape index (κ3) is 2.77. The molecule has 0 fully saturated rings. The lowest BCUT2D eigenvalue weighted by Gasteiger charge is -2.17. The summed E-state index contributed by atoms with van der Waals surface area (Å²) in [5.74, 6) is 0.869. The molecular weight excluding hydrogens is 248 g/mol. The number of methoxy groups -OCH3 is 1. The van der Waals surface area contributed by atoms with E-state index in [1.54, 1.807) is 24.8 Å². The topological polar surface area (TPSA) is 73.1 Å². The van der Waals surface area contributed by atoms with Crippen molar-refractivity contribution in [3.05, 3.63) is 17.3 Å². The fourth-order valence-corrected chi connectivity index (χ4v) is 2.82. The smallest absolute Gasteiger partial charge is 0.147 e. The van der Waals surface area contributed by atoms with Crippen LogP contribution < -0.4 is 11.1 Å². The van der Waals surface area contributed by atoms with Crippen LogP contribution in [0, 0.1) is 6.92 Å². The number of nitrogens with zero attached hydrogens (tertiary/aromatic N) is 2. The minimum atomic E-state index is 0.181. The Labute approximate surface area is 110 Å². The summed E-state index contributed by atoms with van der Waals surface area (Å²) in [5.41, 5.74) is 7.80. The lowest BCUT2D eigenvalue weighted by atomic mass is 10.2. The first-order chi connectivity index (χ1) is 8.76. The number of aryl methyl sites for hydroxylation is 1. The molecule has 1 unspecified atom stereocenters. The summed E-state index contributed by atoms with van der Waals surface area (Å²) < 4.78 is 6.28. The Bertz CT molecular complexity index is 508. The fourth-order valence-electron chi connectivity index (χ4n) is 1.87. The Morgan fingerprint density at radius 3 is 3.06 bits per heavy atom. The molecule has 0 saturated carbocycles. The first kappa shape index (κ1) is 13.2.